The van der Waals surface area contributed by atoms with E-state index in [0.29, 0.717) is 30.4 Å². The van der Waals surface area contributed by atoms with E-state index in [9.17, 15) is 22.8 Å². The van der Waals surface area contributed by atoms with Crippen LogP contribution in [0.15, 0.2) is 24.3 Å². The minimum Gasteiger partial charge on any atom is -0.480 e. The van der Waals surface area contributed by atoms with Crippen LogP contribution >= 0.6 is 0 Å². The van der Waals surface area contributed by atoms with Crippen molar-refractivity contribution in [3.8, 4) is 0 Å². The molecule has 1 saturated heterocycles. The van der Waals surface area contributed by atoms with Crippen molar-refractivity contribution >= 4 is 27.8 Å². The van der Waals surface area contributed by atoms with Crippen molar-refractivity contribution in [1.82, 2.24) is 9.21 Å². The first kappa shape index (κ1) is 18.5. The lowest BCUT2D eigenvalue weighted by atomic mass is 10.1. The maximum absolute atomic E-state index is 12.4. The second kappa shape index (κ2) is 7.16. The predicted octanol–water partition coefficient (Wildman–Crippen LogP) is 0.942. The third kappa shape index (κ3) is 3.36. The molecule has 2 aliphatic rings. The van der Waals surface area contributed by atoms with E-state index < -0.39 is 22.0 Å². The number of amides is 2. The molecule has 8 nitrogen and oxygen atoms in total. The number of nitrogens with zero attached hydrogens (tertiary/aromatic N) is 2. The molecule has 1 atom stereocenters. The summed E-state index contributed by atoms with van der Waals surface area (Å²) in [5.41, 5.74) is 0.734. The van der Waals surface area contributed by atoms with E-state index >= 15 is 0 Å². The summed E-state index contributed by atoms with van der Waals surface area (Å²) in [6.07, 6.45) is 1.45. The molecule has 2 aliphatic heterocycles. The number of carboxylic acid groups (broad SMARTS) is 1. The molecule has 2 heterocycles. The van der Waals surface area contributed by atoms with Crippen molar-refractivity contribution in [3.63, 3.8) is 0 Å². The summed E-state index contributed by atoms with van der Waals surface area (Å²) >= 11 is 0. The quantitative estimate of drug-likeness (QED) is 0.557. The van der Waals surface area contributed by atoms with Crippen LogP contribution in [0.2, 0.25) is 0 Å². The molecule has 0 radical (unpaired) electrons. The van der Waals surface area contributed by atoms with Crippen LogP contribution < -0.4 is 0 Å². The second-order valence-electron chi connectivity index (χ2n) is 6.44. The Morgan fingerprint density at radius 2 is 1.73 bits per heavy atom. The number of carbonyl (C=O) groups is 3. The van der Waals surface area contributed by atoms with E-state index in [1.165, 1.54) is 0 Å². The number of hydrogen-bond acceptors (Lipinski definition) is 5. The molecule has 0 saturated carbocycles. The lowest BCUT2D eigenvalue weighted by Gasteiger charge is -2.21. The summed E-state index contributed by atoms with van der Waals surface area (Å²) in [6, 6.07) is 5.58. The van der Waals surface area contributed by atoms with Crippen molar-refractivity contribution in [3.05, 3.63) is 35.4 Å². The molecule has 26 heavy (non-hydrogen) atoms. The Balaban J connectivity index is 1.54. The van der Waals surface area contributed by atoms with Crippen molar-refractivity contribution in [2.24, 2.45) is 0 Å². The van der Waals surface area contributed by atoms with Gasteiger partial charge in [0.25, 0.3) is 11.8 Å². The summed E-state index contributed by atoms with van der Waals surface area (Å²) in [6.45, 7) is 0.363. The Morgan fingerprint density at radius 1 is 1.12 bits per heavy atom. The van der Waals surface area contributed by atoms with Gasteiger partial charge in [0.15, 0.2) is 0 Å². The molecule has 0 spiro atoms. The maximum Gasteiger partial charge on any atom is 0.322 e. The van der Waals surface area contributed by atoms with E-state index in [1.807, 2.05) is 0 Å². The van der Waals surface area contributed by atoms with Gasteiger partial charge in [0.2, 0.25) is 10.0 Å². The van der Waals surface area contributed by atoms with Gasteiger partial charge >= 0.3 is 5.97 Å². The highest BCUT2D eigenvalue weighted by Crippen LogP contribution is 2.24. The molecule has 1 fully saturated rings. The number of rotatable bonds is 7. The molecule has 140 valence electrons. The minimum atomic E-state index is -3.67. The monoisotopic (exact) mass is 380 g/mol. The first-order valence-corrected chi connectivity index (χ1v) is 10.1. The molecule has 0 aromatic heterocycles. The molecular formula is C17H20N2O6S. The summed E-state index contributed by atoms with van der Waals surface area (Å²) < 4.78 is 25.8. The fraction of sp³-hybridized carbons (Fsp3) is 0.471. The van der Waals surface area contributed by atoms with Crippen LogP contribution in [0.5, 0.6) is 0 Å². The molecule has 1 N–H and O–H groups in total. The molecular weight excluding hydrogens is 360 g/mol. The Kier molecular flexibility index (Phi) is 5.10. The number of sulfonamides is 1. The molecule has 3 rings (SSSR count). The fourth-order valence-corrected chi connectivity index (χ4v) is 5.23. The van der Waals surface area contributed by atoms with Gasteiger partial charge in [-0.25, -0.2) is 8.42 Å². The van der Waals surface area contributed by atoms with Gasteiger partial charge in [0.1, 0.15) is 6.04 Å². The van der Waals surface area contributed by atoms with Crippen molar-refractivity contribution < 1.29 is 27.9 Å². The Hall–Kier alpha value is -2.26. The summed E-state index contributed by atoms with van der Waals surface area (Å²) in [5.74, 6) is -2.05. The van der Waals surface area contributed by atoms with Gasteiger partial charge < -0.3 is 5.11 Å². The van der Waals surface area contributed by atoms with Crippen LogP contribution in [0, 0.1) is 0 Å². The fourth-order valence-electron chi connectivity index (χ4n) is 3.43. The van der Waals surface area contributed by atoms with E-state index in [4.69, 9.17) is 5.11 Å². The van der Waals surface area contributed by atoms with Crippen molar-refractivity contribution in [2.75, 3.05) is 18.8 Å². The van der Waals surface area contributed by atoms with Gasteiger partial charge in [-0.05, 0) is 37.8 Å². The zero-order valence-electron chi connectivity index (χ0n) is 14.1. The van der Waals surface area contributed by atoms with Gasteiger partial charge in [-0.2, -0.15) is 4.31 Å². The zero-order chi connectivity index (χ0) is 18.9. The smallest absolute Gasteiger partial charge is 0.322 e. The SMILES string of the molecule is O=C(O)[C@H]1CCCN1S(=O)(=O)CCCCN1C(=O)c2ccccc2C1=O. The van der Waals surface area contributed by atoms with Crippen LogP contribution in [0.4, 0.5) is 0 Å². The molecule has 0 aliphatic carbocycles. The summed E-state index contributed by atoms with van der Waals surface area (Å²) in [4.78, 5) is 36.8. The van der Waals surface area contributed by atoms with Crippen LogP contribution in [0.25, 0.3) is 0 Å². The number of carbonyl (C=O) groups excluding carboxylic acids is 2. The van der Waals surface area contributed by atoms with Crippen LogP contribution in [0.3, 0.4) is 0 Å². The average molecular weight is 380 g/mol. The van der Waals surface area contributed by atoms with Gasteiger partial charge in [-0.1, -0.05) is 12.1 Å². The average Bonchev–Trinajstić information content (AvgIpc) is 3.19. The van der Waals surface area contributed by atoms with Gasteiger partial charge in [-0.15, -0.1) is 0 Å². The molecule has 2 amide bonds. The molecule has 9 heteroatoms. The summed E-state index contributed by atoms with van der Waals surface area (Å²) in [7, 11) is -3.67. The number of imide groups is 1. The lowest BCUT2D eigenvalue weighted by Crippen LogP contribution is -2.41. The standard InChI is InChI=1S/C17H20N2O6S/c20-15-12-6-1-2-7-13(12)16(21)18(15)9-3-4-11-26(24,25)19-10-5-8-14(19)17(22)23/h1-2,6-7,14H,3-5,8-11H2,(H,22,23)/t14-/m1/s1. The minimum absolute atomic E-state index is 0.143. The highest BCUT2D eigenvalue weighted by atomic mass is 32.2. The largest absolute Gasteiger partial charge is 0.480 e. The van der Waals surface area contributed by atoms with Crippen LogP contribution in [0.1, 0.15) is 46.4 Å². The van der Waals surface area contributed by atoms with Crippen molar-refractivity contribution in [2.45, 2.75) is 31.7 Å². The second-order valence-corrected chi connectivity index (χ2v) is 8.48. The molecule has 0 unspecified atom stereocenters. The molecule has 1 aromatic rings. The lowest BCUT2D eigenvalue weighted by molar-refractivity contribution is -0.140. The van der Waals surface area contributed by atoms with E-state index in [-0.39, 0.29) is 37.1 Å². The first-order valence-electron chi connectivity index (χ1n) is 8.50. The van der Waals surface area contributed by atoms with Gasteiger partial charge in [0, 0.05) is 13.1 Å². The third-order valence-corrected chi connectivity index (χ3v) is 6.71. The third-order valence-electron chi connectivity index (χ3n) is 4.76. The molecule has 0 bridgehead atoms. The summed E-state index contributed by atoms with van der Waals surface area (Å²) in [5, 5.41) is 9.12. The van der Waals surface area contributed by atoms with E-state index in [1.54, 1.807) is 24.3 Å². The van der Waals surface area contributed by atoms with E-state index in [2.05, 4.69) is 0 Å². The van der Waals surface area contributed by atoms with Gasteiger partial charge in [0.05, 0.1) is 16.9 Å². The van der Waals surface area contributed by atoms with Crippen molar-refractivity contribution in [1.29, 1.82) is 0 Å². The normalized spacial score (nSPS) is 20.6. The number of unbranched alkanes of at least 4 members (excludes halogenated alkanes) is 1. The highest BCUT2D eigenvalue weighted by molar-refractivity contribution is 7.89. The van der Waals surface area contributed by atoms with Gasteiger partial charge in [-0.3, -0.25) is 19.3 Å². The predicted molar refractivity (Wildman–Crippen MR) is 92.2 cm³/mol. The number of hydrogen-bond donors (Lipinski definition) is 1. The maximum atomic E-state index is 12.4. The number of fused-ring (bicyclic) bond motifs is 1. The molecule has 1 aromatic carbocycles. The highest BCUT2D eigenvalue weighted by Gasteiger charge is 2.38. The number of aliphatic carboxylic acids is 1. The Bertz CT molecular complexity index is 816. The first-order chi connectivity index (χ1) is 12.3. The topological polar surface area (TPSA) is 112 Å². The van der Waals surface area contributed by atoms with Crippen LogP contribution in [-0.2, 0) is 14.8 Å². The Morgan fingerprint density at radius 3 is 2.31 bits per heavy atom. The van der Waals surface area contributed by atoms with Crippen LogP contribution in [-0.4, -0.2) is 65.4 Å². The zero-order valence-corrected chi connectivity index (χ0v) is 14.9. The number of carboxylic acids is 1. The number of benzene rings is 1. The Labute approximate surface area is 151 Å². The van der Waals surface area contributed by atoms with E-state index in [0.717, 1.165) is 9.21 Å².